The van der Waals surface area contributed by atoms with Crippen LogP contribution in [-0.2, 0) is 22.5 Å². The van der Waals surface area contributed by atoms with Gasteiger partial charge in [-0.1, -0.05) is 48.5 Å². The van der Waals surface area contributed by atoms with Gasteiger partial charge in [0.05, 0.1) is 19.7 Å². The van der Waals surface area contributed by atoms with E-state index in [-0.39, 0.29) is 18.6 Å². The summed E-state index contributed by atoms with van der Waals surface area (Å²) < 4.78 is 6.02. The van der Waals surface area contributed by atoms with Crippen LogP contribution in [0.5, 0.6) is 0 Å². The van der Waals surface area contributed by atoms with Gasteiger partial charge in [-0.05, 0) is 35.6 Å². The summed E-state index contributed by atoms with van der Waals surface area (Å²) in [6, 6.07) is 16.7. The van der Waals surface area contributed by atoms with Crippen molar-refractivity contribution in [3.63, 3.8) is 0 Å². The van der Waals surface area contributed by atoms with Crippen LogP contribution in [-0.4, -0.2) is 61.5 Å². The Hall–Kier alpha value is -2.86. The van der Waals surface area contributed by atoms with Crippen LogP contribution in [0.1, 0.15) is 28.4 Å². The second-order valence-electron chi connectivity index (χ2n) is 7.90. The van der Waals surface area contributed by atoms with Gasteiger partial charge in [0.2, 0.25) is 5.91 Å². The summed E-state index contributed by atoms with van der Waals surface area (Å²) in [5, 5.41) is 3.28. The van der Waals surface area contributed by atoms with Crippen LogP contribution >= 0.6 is 0 Å². The number of hydrogen-bond donors (Lipinski definition) is 1. The lowest BCUT2D eigenvalue weighted by molar-refractivity contribution is -0.130. The molecule has 0 spiro atoms. The van der Waals surface area contributed by atoms with Gasteiger partial charge in [0, 0.05) is 26.7 Å². The fourth-order valence-electron chi connectivity index (χ4n) is 4.29. The Morgan fingerprint density at radius 2 is 1.87 bits per heavy atom. The molecule has 1 amide bonds. The Bertz CT molecular complexity index is 927. The van der Waals surface area contributed by atoms with Crippen molar-refractivity contribution in [2.75, 3.05) is 39.8 Å². The first kappa shape index (κ1) is 20.4. The molecule has 2 aromatic rings. The number of carbonyl (C=O) groups is 1. The number of hydrogen-bond acceptors (Lipinski definition) is 3. The van der Waals surface area contributed by atoms with Crippen molar-refractivity contribution in [3.8, 4) is 0 Å². The molecular formula is C24H30N4O2. The maximum Gasteiger partial charge on any atom is 0.242 e. The zero-order chi connectivity index (χ0) is 20.9. The lowest BCUT2D eigenvalue weighted by atomic mass is 10.00. The molecule has 1 atom stereocenters. The number of guanidine groups is 1. The van der Waals surface area contributed by atoms with Crippen molar-refractivity contribution in [2.24, 2.45) is 4.99 Å². The summed E-state index contributed by atoms with van der Waals surface area (Å²) in [4.78, 5) is 21.3. The maximum atomic E-state index is 12.8. The van der Waals surface area contributed by atoms with Gasteiger partial charge in [-0.3, -0.25) is 9.79 Å². The molecule has 0 bridgehead atoms. The van der Waals surface area contributed by atoms with Crippen molar-refractivity contribution in [3.05, 3.63) is 70.8 Å². The van der Waals surface area contributed by atoms with Crippen molar-refractivity contribution < 1.29 is 9.53 Å². The third-order valence-corrected chi connectivity index (χ3v) is 5.99. The third-order valence-electron chi connectivity index (χ3n) is 5.99. The second-order valence-corrected chi connectivity index (χ2v) is 7.90. The van der Waals surface area contributed by atoms with E-state index < -0.39 is 0 Å². The first-order chi connectivity index (χ1) is 14.7. The number of fused-ring (bicyclic) bond motifs is 1. The molecule has 1 saturated heterocycles. The number of aliphatic imine (C=N–C) groups is 1. The summed E-state index contributed by atoms with van der Waals surface area (Å²) in [7, 11) is 1.77. The molecule has 6 heteroatoms. The molecule has 158 valence electrons. The molecule has 1 unspecified atom stereocenters. The highest BCUT2D eigenvalue weighted by Gasteiger charge is 2.26. The minimum atomic E-state index is 0.00722. The first-order valence-electron chi connectivity index (χ1n) is 10.6. The fraction of sp³-hybridized carbons (Fsp3) is 0.417. The highest BCUT2D eigenvalue weighted by atomic mass is 16.5. The molecular weight excluding hydrogens is 376 g/mol. The third kappa shape index (κ3) is 4.49. The smallest absolute Gasteiger partial charge is 0.242 e. The monoisotopic (exact) mass is 406 g/mol. The number of carbonyl (C=O) groups excluding carboxylic acids is 1. The van der Waals surface area contributed by atoms with E-state index >= 15 is 0 Å². The molecule has 2 aromatic carbocycles. The van der Waals surface area contributed by atoms with Gasteiger partial charge in [-0.15, -0.1) is 0 Å². The summed E-state index contributed by atoms with van der Waals surface area (Å²) in [6.45, 7) is 5.92. The average Bonchev–Trinajstić information content (AvgIpc) is 2.79. The van der Waals surface area contributed by atoms with E-state index in [9.17, 15) is 4.79 Å². The van der Waals surface area contributed by atoms with E-state index in [0.717, 1.165) is 32.0 Å². The number of benzene rings is 2. The molecule has 0 aromatic heterocycles. The zero-order valence-electron chi connectivity index (χ0n) is 17.8. The summed E-state index contributed by atoms with van der Waals surface area (Å²) >= 11 is 0. The van der Waals surface area contributed by atoms with Crippen LogP contribution in [0, 0.1) is 6.92 Å². The highest BCUT2D eigenvalue weighted by Crippen LogP contribution is 2.25. The predicted molar refractivity (Wildman–Crippen MR) is 118 cm³/mol. The van der Waals surface area contributed by atoms with Gasteiger partial charge in [0.15, 0.2) is 5.96 Å². The number of nitrogens with zero attached hydrogens (tertiary/aromatic N) is 3. The molecule has 4 rings (SSSR count). The van der Waals surface area contributed by atoms with Crippen molar-refractivity contribution >= 4 is 11.9 Å². The Balaban J connectivity index is 1.34. The van der Waals surface area contributed by atoms with E-state index in [1.165, 1.54) is 22.3 Å². The largest absolute Gasteiger partial charge is 0.370 e. The van der Waals surface area contributed by atoms with Gasteiger partial charge < -0.3 is 19.9 Å². The van der Waals surface area contributed by atoms with E-state index in [2.05, 4.69) is 52.5 Å². The molecule has 0 radical (unpaired) electrons. The molecule has 0 saturated carbocycles. The topological polar surface area (TPSA) is 57.2 Å². The standard InChI is InChI=1S/C24H30N4O2/c1-18-7-3-6-10-21(18)22-17-28(13-14-30-22)24(25-2)26-15-23(29)27-12-11-19-8-4-5-9-20(19)16-27/h3-10,22H,11-17H2,1-2H3,(H,25,26). The number of ether oxygens (including phenoxy) is 1. The van der Waals surface area contributed by atoms with E-state index in [0.29, 0.717) is 13.2 Å². The molecule has 1 N–H and O–H groups in total. The minimum Gasteiger partial charge on any atom is -0.370 e. The Morgan fingerprint density at radius 3 is 2.67 bits per heavy atom. The van der Waals surface area contributed by atoms with Crippen LogP contribution < -0.4 is 5.32 Å². The van der Waals surface area contributed by atoms with Crippen LogP contribution in [0.3, 0.4) is 0 Å². The number of rotatable bonds is 3. The minimum absolute atomic E-state index is 0.00722. The summed E-state index contributed by atoms with van der Waals surface area (Å²) in [5.74, 6) is 0.858. The summed E-state index contributed by atoms with van der Waals surface area (Å²) in [6.07, 6.45) is 0.922. The maximum absolute atomic E-state index is 12.8. The van der Waals surface area contributed by atoms with E-state index in [1.807, 2.05) is 23.1 Å². The van der Waals surface area contributed by atoms with Gasteiger partial charge in [-0.25, -0.2) is 0 Å². The van der Waals surface area contributed by atoms with Crippen molar-refractivity contribution in [1.29, 1.82) is 0 Å². The quantitative estimate of drug-likeness (QED) is 0.629. The SMILES string of the molecule is CN=C(NCC(=O)N1CCc2ccccc2C1)N1CCOC(c2ccccc2C)C1. The summed E-state index contributed by atoms with van der Waals surface area (Å²) in [5.41, 5.74) is 5.03. The van der Waals surface area contributed by atoms with Gasteiger partial charge in [0.1, 0.15) is 6.10 Å². The lowest BCUT2D eigenvalue weighted by Crippen LogP contribution is -2.51. The van der Waals surface area contributed by atoms with Crippen LogP contribution in [0.2, 0.25) is 0 Å². The lowest BCUT2D eigenvalue weighted by Gasteiger charge is -2.36. The Labute approximate surface area is 178 Å². The predicted octanol–water partition coefficient (Wildman–Crippen LogP) is 2.53. The van der Waals surface area contributed by atoms with Crippen molar-refractivity contribution in [1.82, 2.24) is 15.1 Å². The molecule has 1 fully saturated rings. The van der Waals surface area contributed by atoms with Crippen LogP contribution in [0.4, 0.5) is 0 Å². The van der Waals surface area contributed by atoms with Crippen LogP contribution in [0.25, 0.3) is 0 Å². The fourth-order valence-corrected chi connectivity index (χ4v) is 4.29. The number of morpholine rings is 1. The second kappa shape index (κ2) is 9.30. The van der Waals surface area contributed by atoms with Crippen LogP contribution in [0.15, 0.2) is 53.5 Å². The van der Waals surface area contributed by atoms with E-state index in [1.54, 1.807) is 7.05 Å². The molecule has 2 heterocycles. The Morgan fingerprint density at radius 1 is 1.10 bits per heavy atom. The number of aryl methyl sites for hydroxylation is 1. The number of amides is 1. The Kier molecular flexibility index (Phi) is 6.33. The van der Waals surface area contributed by atoms with E-state index in [4.69, 9.17) is 4.74 Å². The zero-order valence-corrected chi connectivity index (χ0v) is 17.8. The first-order valence-corrected chi connectivity index (χ1v) is 10.6. The normalized spacial score (nSPS) is 19.4. The van der Waals surface area contributed by atoms with Gasteiger partial charge in [-0.2, -0.15) is 0 Å². The molecule has 6 nitrogen and oxygen atoms in total. The molecule has 2 aliphatic heterocycles. The highest BCUT2D eigenvalue weighted by molar-refractivity contribution is 5.86. The molecule has 30 heavy (non-hydrogen) atoms. The van der Waals surface area contributed by atoms with Crippen molar-refractivity contribution in [2.45, 2.75) is 26.0 Å². The average molecular weight is 407 g/mol. The number of nitrogens with one attached hydrogen (secondary N) is 1. The molecule has 2 aliphatic rings. The van der Waals surface area contributed by atoms with Gasteiger partial charge >= 0.3 is 0 Å². The van der Waals surface area contributed by atoms with Gasteiger partial charge in [0.25, 0.3) is 0 Å². The molecule has 0 aliphatic carbocycles.